The van der Waals surface area contributed by atoms with E-state index in [0.717, 1.165) is 11.5 Å². The molecule has 0 N–H and O–H groups in total. The average Bonchev–Trinajstić information content (AvgIpc) is 2.74. The lowest BCUT2D eigenvalue weighted by atomic mass is 10.0. The largest absolute Gasteiger partial charge is 0.349 e. The molecular formula is C22H28O4S2. The van der Waals surface area contributed by atoms with E-state index in [1.807, 2.05) is 50.2 Å². The summed E-state index contributed by atoms with van der Waals surface area (Å²) < 4.78 is 24.3. The van der Waals surface area contributed by atoms with E-state index in [1.165, 1.54) is 9.79 Å². The third-order valence-corrected chi connectivity index (χ3v) is 7.29. The van der Waals surface area contributed by atoms with Gasteiger partial charge in [0.25, 0.3) is 0 Å². The van der Waals surface area contributed by atoms with Gasteiger partial charge in [-0.1, -0.05) is 36.4 Å². The molecule has 0 saturated carbocycles. The Bertz CT molecular complexity index is 666. The lowest BCUT2D eigenvalue weighted by Gasteiger charge is -2.52. The number of hydrogen-bond acceptors (Lipinski definition) is 6. The van der Waals surface area contributed by atoms with Crippen molar-refractivity contribution in [3.63, 3.8) is 0 Å². The summed E-state index contributed by atoms with van der Waals surface area (Å²) in [6, 6.07) is 20.7. The smallest absolute Gasteiger partial charge is 0.220 e. The summed E-state index contributed by atoms with van der Waals surface area (Å²) in [6.45, 7) is 3.74. The van der Waals surface area contributed by atoms with Crippen LogP contribution in [0.4, 0.5) is 0 Å². The third kappa shape index (κ3) is 4.93. The molecular weight excluding hydrogens is 392 g/mol. The molecule has 1 heterocycles. The average molecular weight is 421 g/mol. The Morgan fingerprint density at radius 1 is 0.714 bits per heavy atom. The molecule has 0 bridgehead atoms. The molecule has 28 heavy (non-hydrogen) atoms. The molecule has 2 aromatic rings. The van der Waals surface area contributed by atoms with E-state index in [-0.39, 0.29) is 12.2 Å². The fourth-order valence-corrected chi connectivity index (χ4v) is 5.06. The van der Waals surface area contributed by atoms with E-state index in [2.05, 4.69) is 24.3 Å². The van der Waals surface area contributed by atoms with Gasteiger partial charge in [0.1, 0.15) is 0 Å². The van der Waals surface area contributed by atoms with Crippen LogP contribution in [0.25, 0.3) is 0 Å². The molecule has 1 saturated heterocycles. The summed E-state index contributed by atoms with van der Waals surface area (Å²) >= 11 is 3.52. The predicted molar refractivity (Wildman–Crippen MR) is 115 cm³/mol. The molecule has 0 aromatic heterocycles. The van der Waals surface area contributed by atoms with Gasteiger partial charge < -0.3 is 18.9 Å². The normalized spacial score (nSPS) is 30.3. The SMILES string of the molecule is CO[C@]1(C)O[C@@H](CSc2ccccc2)[C@H](CSc2ccccc2)O[C@@]1(C)OC. The van der Waals surface area contributed by atoms with Crippen molar-refractivity contribution < 1.29 is 18.9 Å². The lowest BCUT2D eigenvalue weighted by Crippen LogP contribution is -2.66. The van der Waals surface area contributed by atoms with Gasteiger partial charge in [0.05, 0.1) is 12.2 Å². The fourth-order valence-electron chi connectivity index (χ4n) is 3.08. The van der Waals surface area contributed by atoms with E-state index in [1.54, 1.807) is 37.7 Å². The van der Waals surface area contributed by atoms with Gasteiger partial charge in [-0.2, -0.15) is 0 Å². The first-order chi connectivity index (χ1) is 13.5. The van der Waals surface area contributed by atoms with E-state index in [4.69, 9.17) is 18.9 Å². The summed E-state index contributed by atoms with van der Waals surface area (Å²) in [6.07, 6.45) is -0.260. The van der Waals surface area contributed by atoms with Gasteiger partial charge in [0, 0.05) is 35.5 Å². The Labute approximate surface area is 176 Å². The van der Waals surface area contributed by atoms with Crippen molar-refractivity contribution in [3.05, 3.63) is 60.7 Å². The first-order valence-electron chi connectivity index (χ1n) is 9.31. The maximum atomic E-state index is 6.45. The van der Waals surface area contributed by atoms with Crippen LogP contribution in [-0.2, 0) is 18.9 Å². The van der Waals surface area contributed by atoms with Gasteiger partial charge in [-0.25, -0.2) is 0 Å². The summed E-state index contributed by atoms with van der Waals surface area (Å²) in [5, 5.41) is 0. The van der Waals surface area contributed by atoms with Crippen LogP contribution in [0.2, 0.25) is 0 Å². The summed E-state index contributed by atoms with van der Waals surface area (Å²) in [4.78, 5) is 2.42. The van der Waals surface area contributed by atoms with E-state index < -0.39 is 11.6 Å². The zero-order valence-corrected chi connectivity index (χ0v) is 18.4. The highest BCUT2D eigenvalue weighted by atomic mass is 32.2. The predicted octanol–water partition coefficient (Wildman–Crippen LogP) is 5.08. The maximum Gasteiger partial charge on any atom is 0.220 e. The quantitative estimate of drug-likeness (QED) is 0.554. The van der Waals surface area contributed by atoms with Crippen LogP contribution in [-0.4, -0.2) is 49.5 Å². The summed E-state index contributed by atoms with van der Waals surface area (Å²) in [7, 11) is 3.25. The minimum Gasteiger partial charge on any atom is -0.349 e. The molecule has 4 atom stereocenters. The topological polar surface area (TPSA) is 36.9 Å². The number of ether oxygens (including phenoxy) is 4. The Morgan fingerprint density at radius 2 is 1.07 bits per heavy atom. The molecule has 152 valence electrons. The van der Waals surface area contributed by atoms with Gasteiger partial charge in [-0.05, 0) is 38.1 Å². The van der Waals surface area contributed by atoms with Crippen molar-refractivity contribution in [2.75, 3.05) is 25.7 Å². The molecule has 1 aliphatic rings. The number of methoxy groups -OCH3 is 2. The maximum absolute atomic E-state index is 6.45. The first kappa shape index (κ1) is 21.7. The van der Waals surface area contributed by atoms with Gasteiger partial charge in [0.2, 0.25) is 11.6 Å². The molecule has 0 unspecified atom stereocenters. The molecule has 0 spiro atoms. The third-order valence-electron chi connectivity index (χ3n) is 5.09. The van der Waals surface area contributed by atoms with Crippen LogP contribution in [0.1, 0.15) is 13.8 Å². The van der Waals surface area contributed by atoms with Gasteiger partial charge in [0.15, 0.2) is 0 Å². The first-order valence-corrected chi connectivity index (χ1v) is 11.3. The van der Waals surface area contributed by atoms with Crippen molar-refractivity contribution in [1.29, 1.82) is 0 Å². The van der Waals surface area contributed by atoms with Crippen molar-refractivity contribution >= 4 is 23.5 Å². The Balaban J connectivity index is 1.75. The highest BCUT2D eigenvalue weighted by Gasteiger charge is 2.56. The van der Waals surface area contributed by atoms with Crippen LogP contribution in [0.5, 0.6) is 0 Å². The second kappa shape index (κ2) is 9.65. The standard InChI is InChI=1S/C22H28O4S2/c1-21(23-3)22(2,24-4)26-20(16-28-18-13-9-6-10-14-18)19(25-21)15-27-17-11-7-5-8-12-17/h5-14,19-20H,15-16H2,1-4H3/t19-,20-,21+,22+/m0/s1. The van der Waals surface area contributed by atoms with Crippen LogP contribution in [0.15, 0.2) is 70.5 Å². The number of rotatable bonds is 8. The van der Waals surface area contributed by atoms with Crippen LogP contribution >= 0.6 is 23.5 Å². The molecule has 4 nitrogen and oxygen atoms in total. The zero-order valence-electron chi connectivity index (χ0n) is 16.8. The minimum absolute atomic E-state index is 0.130. The lowest BCUT2D eigenvalue weighted by molar-refractivity contribution is -0.442. The summed E-state index contributed by atoms with van der Waals surface area (Å²) in [5.41, 5.74) is 0. The molecule has 1 fully saturated rings. The highest BCUT2D eigenvalue weighted by Crippen LogP contribution is 2.41. The van der Waals surface area contributed by atoms with Crippen LogP contribution in [0, 0.1) is 0 Å². The van der Waals surface area contributed by atoms with Gasteiger partial charge in [-0.15, -0.1) is 23.5 Å². The Hall–Kier alpha value is -1.02. The minimum atomic E-state index is -0.989. The molecule has 2 aromatic carbocycles. The molecule has 0 amide bonds. The summed E-state index contributed by atoms with van der Waals surface area (Å²) in [5.74, 6) is -0.444. The number of hydrogen-bond donors (Lipinski definition) is 0. The van der Waals surface area contributed by atoms with Gasteiger partial charge >= 0.3 is 0 Å². The van der Waals surface area contributed by atoms with Gasteiger partial charge in [-0.3, -0.25) is 0 Å². The number of thioether (sulfide) groups is 2. The van der Waals surface area contributed by atoms with Crippen LogP contribution in [0.3, 0.4) is 0 Å². The molecule has 6 heteroatoms. The molecule has 3 rings (SSSR count). The highest BCUT2D eigenvalue weighted by molar-refractivity contribution is 7.99. The second-order valence-electron chi connectivity index (χ2n) is 6.86. The van der Waals surface area contributed by atoms with E-state index in [9.17, 15) is 0 Å². The van der Waals surface area contributed by atoms with E-state index in [0.29, 0.717) is 0 Å². The van der Waals surface area contributed by atoms with E-state index >= 15 is 0 Å². The van der Waals surface area contributed by atoms with Crippen molar-refractivity contribution in [1.82, 2.24) is 0 Å². The fraction of sp³-hybridized carbons (Fsp3) is 0.455. The second-order valence-corrected chi connectivity index (χ2v) is 9.05. The monoisotopic (exact) mass is 420 g/mol. The molecule has 0 aliphatic carbocycles. The van der Waals surface area contributed by atoms with Crippen molar-refractivity contribution in [2.24, 2.45) is 0 Å². The Kier molecular flexibility index (Phi) is 7.48. The molecule has 0 radical (unpaired) electrons. The molecule has 1 aliphatic heterocycles. The van der Waals surface area contributed by atoms with Crippen molar-refractivity contribution in [2.45, 2.75) is 47.4 Å². The van der Waals surface area contributed by atoms with Crippen molar-refractivity contribution in [3.8, 4) is 0 Å². The van der Waals surface area contributed by atoms with Crippen LogP contribution < -0.4 is 0 Å². The Morgan fingerprint density at radius 3 is 1.39 bits per heavy atom. The number of benzene rings is 2. The zero-order chi connectivity index (χ0) is 20.0.